The molecule has 0 unspecified atom stereocenters. The number of halogens is 3. The lowest BCUT2D eigenvalue weighted by atomic mass is 9.98. The SMILES string of the molecule is O=C(COC1CCCC1)N[C@H](c1ccccc1)c1ccc2nc(C(F)(F)F)[nH]c2c1. The summed E-state index contributed by atoms with van der Waals surface area (Å²) in [7, 11) is 0. The van der Waals surface area contributed by atoms with Crippen LogP contribution in [0.5, 0.6) is 0 Å². The zero-order chi connectivity index (χ0) is 21.1. The van der Waals surface area contributed by atoms with Crippen LogP contribution in [0.4, 0.5) is 13.2 Å². The molecule has 1 aliphatic rings. The van der Waals surface area contributed by atoms with Gasteiger partial charge in [0.25, 0.3) is 0 Å². The van der Waals surface area contributed by atoms with E-state index in [1.807, 2.05) is 30.3 Å². The van der Waals surface area contributed by atoms with Gasteiger partial charge in [-0.05, 0) is 36.1 Å². The summed E-state index contributed by atoms with van der Waals surface area (Å²) < 4.78 is 44.6. The summed E-state index contributed by atoms with van der Waals surface area (Å²) in [6.45, 7) is -0.0431. The number of alkyl halides is 3. The monoisotopic (exact) mass is 417 g/mol. The molecule has 4 rings (SSSR count). The van der Waals surface area contributed by atoms with Crippen LogP contribution in [0.25, 0.3) is 11.0 Å². The van der Waals surface area contributed by atoms with Crippen LogP contribution >= 0.6 is 0 Å². The number of hydrogen-bond acceptors (Lipinski definition) is 3. The molecule has 1 saturated carbocycles. The highest BCUT2D eigenvalue weighted by Crippen LogP contribution is 2.30. The van der Waals surface area contributed by atoms with Crippen molar-refractivity contribution in [1.82, 2.24) is 15.3 Å². The van der Waals surface area contributed by atoms with E-state index in [0.717, 1.165) is 31.2 Å². The average Bonchev–Trinajstić information content (AvgIpc) is 3.40. The third kappa shape index (κ3) is 4.64. The number of benzene rings is 2. The molecule has 30 heavy (non-hydrogen) atoms. The second-order valence-corrected chi connectivity index (χ2v) is 7.49. The van der Waals surface area contributed by atoms with E-state index < -0.39 is 18.0 Å². The molecule has 0 saturated heterocycles. The first kappa shape index (κ1) is 20.4. The van der Waals surface area contributed by atoms with Gasteiger partial charge >= 0.3 is 6.18 Å². The number of imidazole rings is 1. The van der Waals surface area contributed by atoms with E-state index in [1.54, 1.807) is 12.1 Å². The van der Waals surface area contributed by atoms with Crippen LogP contribution in [-0.2, 0) is 15.7 Å². The minimum absolute atomic E-state index is 0.0431. The Morgan fingerprint density at radius 1 is 1.13 bits per heavy atom. The van der Waals surface area contributed by atoms with Gasteiger partial charge in [0.15, 0.2) is 0 Å². The van der Waals surface area contributed by atoms with Gasteiger partial charge in [-0.2, -0.15) is 13.2 Å². The van der Waals surface area contributed by atoms with Crippen LogP contribution in [0, 0.1) is 0 Å². The second kappa shape index (κ2) is 8.47. The number of carbonyl (C=O) groups is 1. The molecule has 0 spiro atoms. The van der Waals surface area contributed by atoms with E-state index in [1.165, 1.54) is 6.07 Å². The zero-order valence-electron chi connectivity index (χ0n) is 16.2. The van der Waals surface area contributed by atoms with Crippen LogP contribution in [0.1, 0.15) is 48.7 Å². The molecule has 1 fully saturated rings. The van der Waals surface area contributed by atoms with Crippen LogP contribution in [0.15, 0.2) is 48.5 Å². The number of nitrogens with one attached hydrogen (secondary N) is 2. The molecule has 1 amide bonds. The number of aromatic nitrogens is 2. The molecule has 2 aromatic carbocycles. The van der Waals surface area contributed by atoms with Gasteiger partial charge in [-0.15, -0.1) is 0 Å². The Bertz CT molecular complexity index is 1010. The number of fused-ring (bicyclic) bond motifs is 1. The van der Waals surface area contributed by atoms with Crippen molar-refractivity contribution in [2.24, 2.45) is 0 Å². The molecule has 5 nitrogen and oxygen atoms in total. The maximum atomic E-state index is 13.0. The molecule has 0 aliphatic heterocycles. The number of amides is 1. The Morgan fingerprint density at radius 2 is 1.87 bits per heavy atom. The molecular weight excluding hydrogens is 395 g/mol. The quantitative estimate of drug-likeness (QED) is 0.609. The van der Waals surface area contributed by atoms with Crippen LogP contribution in [-0.4, -0.2) is 28.6 Å². The minimum atomic E-state index is -4.55. The van der Waals surface area contributed by atoms with Crippen molar-refractivity contribution in [3.8, 4) is 0 Å². The van der Waals surface area contributed by atoms with Gasteiger partial charge in [0.05, 0.1) is 23.2 Å². The fourth-order valence-electron chi connectivity index (χ4n) is 3.80. The number of carbonyl (C=O) groups excluding carboxylic acids is 1. The van der Waals surface area contributed by atoms with Crippen LogP contribution in [0.2, 0.25) is 0 Å². The minimum Gasteiger partial charge on any atom is -0.368 e. The van der Waals surface area contributed by atoms with Crippen molar-refractivity contribution in [3.63, 3.8) is 0 Å². The van der Waals surface area contributed by atoms with E-state index in [2.05, 4.69) is 15.3 Å². The molecule has 2 N–H and O–H groups in total. The largest absolute Gasteiger partial charge is 0.449 e. The van der Waals surface area contributed by atoms with Gasteiger partial charge in [0, 0.05) is 0 Å². The number of rotatable bonds is 6. The van der Waals surface area contributed by atoms with Gasteiger partial charge < -0.3 is 15.0 Å². The third-order valence-electron chi connectivity index (χ3n) is 5.30. The summed E-state index contributed by atoms with van der Waals surface area (Å²) in [4.78, 5) is 18.5. The molecule has 0 bridgehead atoms. The number of nitrogens with zero attached hydrogens (tertiary/aromatic N) is 1. The predicted molar refractivity (Wildman–Crippen MR) is 106 cm³/mol. The molecule has 3 aromatic rings. The lowest BCUT2D eigenvalue weighted by Gasteiger charge is -2.21. The topological polar surface area (TPSA) is 67.0 Å². The first-order chi connectivity index (χ1) is 14.4. The summed E-state index contributed by atoms with van der Waals surface area (Å²) in [6, 6.07) is 13.6. The van der Waals surface area contributed by atoms with Gasteiger partial charge in [-0.1, -0.05) is 49.2 Å². The van der Waals surface area contributed by atoms with Crippen LogP contribution in [0.3, 0.4) is 0 Å². The summed E-state index contributed by atoms with van der Waals surface area (Å²) in [5.74, 6) is -1.31. The normalized spacial score (nSPS) is 16.1. The molecule has 1 aliphatic carbocycles. The van der Waals surface area contributed by atoms with E-state index >= 15 is 0 Å². The summed E-state index contributed by atoms with van der Waals surface area (Å²) in [6.07, 6.45) is -0.274. The molecule has 1 atom stereocenters. The highest BCUT2D eigenvalue weighted by molar-refractivity contribution is 5.79. The molecular formula is C22H22F3N3O2. The van der Waals surface area contributed by atoms with E-state index in [4.69, 9.17) is 4.74 Å². The fourth-order valence-corrected chi connectivity index (χ4v) is 3.80. The Hall–Kier alpha value is -2.87. The highest BCUT2D eigenvalue weighted by Gasteiger charge is 2.34. The third-order valence-corrected chi connectivity index (χ3v) is 5.30. The average molecular weight is 417 g/mol. The maximum Gasteiger partial charge on any atom is 0.449 e. The molecule has 8 heteroatoms. The second-order valence-electron chi connectivity index (χ2n) is 7.49. The van der Waals surface area contributed by atoms with Gasteiger partial charge in [-0.25, -0.2) is 4.98 Å². The number of hydrogen-bond donors (Lipinski definition) is 2. The molecule has 0 radical (unpaired) electrons. The van der Waals surface area contributed by atoms with Crippen molar-refractivity contribution >= 4 is 16.9 Å². The standard InChI is InChI=1S/C22H22F3N3O2/c23-22(24,25)21-26-17-11-10-15(12-18(17)27-21)20(14-6-2-1-3-7-14)28-19(29)13-30-16-8-4-5-9-16/h1-3,6-7,10-12,16,20H,4-5,8-9,13H2,(H,26,27)(H,28,29)/t20-/m1/s1. The zero-order valence-corrected chi connectivity index (χ0v) is 16.2. The predicted octanol–water partition coefficient (Wildman–Crippen LogP) is 4.75. The van der Waals surface area contributed by atoms with Gasteiger partial charge in [0.1, 0.15) is 6.61 Å². The number of H-pyrrole nitrogens is 1. The Labute approximate surface area is 171 Å². The Morgan fingerprint density at radius 3 is 2.57 bits per heavy atom. The highest BCUT2D eigenvalue weighted by atomic mass is 19.4. The summed E-state index contributed by atoms with van der Waals surface area (Å²) in [5, 5.41) is 2.95. The number of aromatic amines is 1. The van der Waals surface area contributed by atoms with Crippen LogP contribution < -0.4 is 5.32 Å². The Balaban J connectivity index is 1.58. The summed E-state index contributed by atoms with van der Waals surface area (Å²) >= 11 is 0. The molecule has 1 heterocycles. The molecule has 1 aromatic heterocycles. The lowest BCUT2D eigenvalue weighted by Crippen LogP contribution is -2.33. The van der Waals surface area contributed by atoms with Crippen molar-refractivity contribution < 1.29 is 22.7 Å². The van der Waals surface area contributed by atoms with Crippen molar-refractivity contribution in [2.75, 3.05) is 6.61 Å². The van der Waals surface area contributed by atoms with Gasteiger partial charge in [-0.3, -0.25) is 4.79 Å². The van der Waals surface area contributed by atoms with Crippen molar-refractivity contribution in [3.05, 3.63) is 65.5 Å². The smallest absolute Gasteiger partial charge is 0.368 e. The Kier molecular flexibility index (Phi) is 5.76. The van der Waals surface area contributed by atoms with Crippen molar-refractivity contribution in [1.29, 1.82) is 0 Å². The van der Waals surface area contributed by atoms with E-state index in [9.17, 15) is 18.0 Å². The van der Waals surface area contributed by atoms with Gasteiger partial charge in [0.2, 0.25) is 11.7 Å². The number of ether oxygens (including phenoxy) is 1. The van der Waals surface area contributed by atoms with E-state index in [-0.39, 0.29) is 29.7 Å². The first-order valence-corrected chi connectivity index (χ1v) is 9.93. The maximum absolute atomic E-state index is 13.0. The van der Waals surface area contributed by atoms with E-state index in [0.29, 0.717) is 5.56 Å². The fraction of sp³-hybridized carbons (Fsp3) is 0.364. The summed E-state index contributed by atoms with van der Waals surface area (Å²) in [5.41, 5.74) is 1.95. The lowest BCUT2D eigenvalue weighted by molar-refractivity contribution is -0.144. The van der Waals surface area contributed by atoms with Crippen molar-refractivity contribution in [2.45, 2.75) is 44.0 Å². The molecule has 158 valence electrons. The first-order valence-electron chi connectivity index (χ1n) is 9.93.